The molecule has 5 N–H and O–H groups in total. The molecule has 4 aliphatic rings. The number of Topliss-reactive ketones (excluding diaryl/α,β-unsaturated/α-hetero) is 1. The average Bonchev–Trinajstić information content (AvgIpc) is 3.11. The zero-order valence-corrected chi connectivity index (χ0v) is 31.0. The number of aliphatic hydroxyl groups is 3. The van der Waals surface area contributed by atoms with Crippen LogP contribution >= 0.6 is 0 Å². The van der Waals surface area contributed by atoms with Crippen LogP contribution in [0.5, 0.6) is 11.5 Å². The summed E-state index contributed by atoms with van der Waals surface area (Å²) in [6.45, 7) is 5.95. The van der Waals surface area contributed by atoms with Crippen LogP contribution in [-0.2, 0) is 32.1 Å². The number of hydrogen-bond donors (Lipinski definition) is 5. The summed E-state index contributed by atoms with van der Waals surface area (Å²) in [5.74, 6) is 4.89. The van der Waals surface area contributed by atoms with Crippen molar-refractivity contribution in [3.8, 4) is 23.3 Å². The monoisotopic (exact) mass is 727 g/mol. The van der Waals surface area contributed by atoms with Gasteiger partial charge in [0.1, 0.15) is 29.0 Å². The molecule has 2 saturated carbocycles. The molecule has 0 saturated heterocycles. The Morgan fingerprint density at radius 3 is 2.55 bits per heavy atom. The van der Waals surface area contributed by atoms with Gasteiger partial charge in [-0.05, 0) is 98.1 Å². The topological polar surface area (TPSA) is 163 Å². The molecule has 7 atom stereocenters. The minimum Gasteiger partial charge on any atom is -0.508 e. The summed E-state index contributed by atoms with van der Waals surface area (Å²) in [6.07, 6.45) is 5.01. The Hall–Kier alpha value is -4.17. The number of nitrogens with one attached hydrogen (secondary N) is 1. The lowest BCUT2D eigenvalue weighted by molar-refractivity contribution is -0.187. The van der Waals surface area contributed by atoms with Crippen LogP contribution in [0.3, 0.4) is 0 Å². The number of phenols is 1. The van der Waals surface area contributed by atoms with Crippen LogP contribution in [-0.4, -0.2) is 62.5 Å². The third-order valence-corrected chi connectivity index (χ3v) is 11.4. The number of carbonyl (C=O) groups is 3. The molecule has 53 heavy (non-hydrogen) atoms. The maximum Gasteiger partial charge on any atom is 0.334 e. The molecule has 0 aromatic heterocycles. The predicted molar refractivity (Wildman–Crippen MR) is 199 cm³/mol. The largest absolute Gasteiger partial charge is 0.508 e. The molecule has 2 fully saturated rings. The van der Waals surface area contributed by atoms with Crippen molar-refractivity contribution in [3.63, 3.8) is 0 Å². The van der Waals surface area contributed by atoms with E-state index in [4.69, 9.17) is 9.47 Å². The first-order chi connectivity index (χ1) is 25.3. The van der Waals surface area contributed by atoms with E-state index in [0.717, 1.165) is 18.4 Å². The Balaban J connectivity index is 1.49. The van der Waals surface area contributed by atoms with Gasteiger partial charge in [-0.3, -0.25) is 9.59 Å². The second kappa shape index (κ2) is 16.5. The van der Waals surface area contributed by atoms with Gasteiger partial charge in [0.2, 0.25) is 0 Å². The van der Waals surface area contributed by atoms with E-state index in [2.05, 4.69) is 31.0 Å². The zero-order chi connectivity index (χ0) is 37.9. The fourth-order valence-electron chi connectivity index (χ4n) is 8.63. The first-order valence-corrected chi connectivity index (χ1v) is 19.2. The van der Waals surface area contributed by atoms with E-state index in [0.29, 0.717) is 72.4 Å². The summed E-state index contributed by atoms with van der Waals surface area (Å²) in [5.41, 5.74) is 2.07. The zero-order valence-electron chi connectivity index (χ0n) is 31.0. The number of aliphatic hydroxyl groups excluding tert-OH is 2. The lowest BCUT2D eigenvalue weighted by Gasteiger charge is -2.50. The first-order valence-electron chi connectivity index (χ1n) is 19.2. The molecule has 0 spiro atoms. The SMILES string of the molecule is CC(C)CC/C=C1/C[C@@H](c2cc(CO)cc(NC[C@H](C)O)c2)C#C[C@H]2CC(=O)Oc3cc(O)c(cc32)C[C@H]([C@]2(O)CCC[C@@H]3CC(=O)CC[C@@H]32)OC1=O. The number of aromatic hydroxyl groups is 1. The van der Waals surface area contributed by atoms with Gasteiger partial charge in [-0.1, -0.05) is 44.3 Å². The molecule has 6 rings (SSSR count). The van der Waals surface area contributed by atoms with Gasteiger partial charge in [0, 0.05) is 54.6 Å². The summed E-state index contributed by atoms with van der Waals surface area (Å²) >= 11 is 0. The summed E-state index contributed by atoms with van der Waals surface area (Å²) in [7, 11) is 0. The lowest BCUT2D eigenvalue weighted by Crippen LogP contribution is -2.57. The Bertz CT molecular complexity index is 1800. The highest BCUT2D eigenvalue weighted by atomic mass is 16.6. The number of fused-ring (bicyclic) bond motifs is 2. The van der Waals surface area contributed by atoms with Crippen LogP contribution < -0.4 is 10.1 Å². The van der Waals surface area contributed by atoms with Gasteiger partial charge in [-0.2, -0.15) is 0 Å². The Kier molecular flexibility index (Phi) is 12.0. The molecular weight excluding hydrogens is 674 g/mol. The van der Waals surface area contributed by atoms with Crippen molar-refractivity contribution in [1.82, 2.24) is 0 Å². The minimum atomic E-state index is -1.44. The second-order valence-electron chi connectivity index (χ2n) is 16.0. The van der Waals surface area contributed by atoms with E-state index in [1.165, 1.54) is 6.07 Å². The van der Waals surface area contributed by atoms with Crippen molar-refractivity contribution in [1.29, 1.82) is 0 Å². The summed E-state index contributed by atoms with van der Waals surface area (Å²) in [5, 5.41) is 47.4. The Morgan fingerprint density at radius 2 is 1.79 bits per heavy atom. The van der Waals surface area contributed by atoms with Gasteiger partial charge in [-0.15, -0.1) is 0 Å². The smallest absolute Gasteiger partial charge is 0.334 e. The molecule has 2 aromatic carbocycles. The first kappa shape index (κ1) is 38.6. The number of anilines is 1. The quantitative estimate of drug-likeness (QED) is 0.0900. The fourth-order valence-corrected chi connectivity index (χ4v) is 8.63. The highest BCUT2D eigenvalue weighted by Gasteiger charge is 2.53. The summed E-state index contributed by atoms with van der Waals surface area (Å²) in [6, 6.07) is 8.70. The van der Waals surface area contributed by atoms with E-state index in [-0.39, 0.29) is 61.5 Å². The predicted octanol–water partition coefficient (Wildman–Crippen LogP) is 5.98. The van der Waals surface area contributed by atoms with Crippen molar-refractivity contribution in [2.24, 2.45) is 17.8 Å². The number of cyclic esters (lactones) is 1. The molecule has 0 radical (unpaired) electrons. The summed E-state index contributed by atoms with van der Waals surface area (Å²) in [4.78, 5) is 39.9. The van der Waals surface area contributed by atoms with Crippen LogP contribution in [0.1, 0.15) is 119 Å². The van der Waals surface area contributed by atoms with Crippen LogP contribution in [0.25, 0.3) is 0 Å². The number of rotatable bonds is 9. The highest BCUT2D eigenvalue weighted by molar-refractivity contribution is 5.89. The molecule has 284 valence electrons. The number of hydrogen-bond acceptors (Lipinski definition) is 10. The molecule has 10 nitrogen and oxygen atoms in total. The molecule has 2 aromatic rings. The van der Waals surface area contributed by atoms with Crippen molar-refractivity contribution in [3.05, 3.63) is 64.2 Å². The summed E-state index contributed by atoms with van der Waals surface area (Å²) < 4.78 is 12.0. The molecule has 0 unspecified atom stereocenters. The van der Waals surface area contributed by atoms with Crippen LogP contribution in [0, 0.1) is 29.6 Å². The van der Waals surface area contributed by atoms with Crippen molar-refractivity contribution in [2.45, 2.75) is 128 Å². The molecule has 2 bridgehead atoms. The number of benzene rings is 2. The van der Waals surface area contributed by atoms with E-state index in [1.807, 2.05) is 18.2 Å². The Labute approximate surface area is 312 Å². The number of ether oxygens (including phenoxy) is 2. The average molecular weight is 728 g/mol. The maximum absolute atomic E-state index is 14.6. The molecule has 0 amide bonds. The Morgan fingerprint density at radius 1 is 1.00 bits per heavy atom. The molecule has 2 aliphatic heterocycles. The van der Waals surface area contributed by atoms with Gasteiger partial charge in [0.25, 0.3) is 0 Å². The molecule has 10 heteroatoms. The minimum absolute atomic E-state index is 0.00747. The highest BCUT2D eigenvalue weighted by Crippen LogP contribution is 2.49. The van der Waals surface area contributed by atoms with Gasteiger partial charge < -0.3 is 35.2 Å². The van der Waals surface area contributed by atoms with Crippen molar-refractivity contribution < 1.29 is 44.3 Å². The van der Waals surface area contributed by atoms with Crippen LogP contribution in [0.2, 0.25) is 0 Å². The van der Waals surface area contributed by atoms with Crippen LogP contribution in [0.4, 0.5) is 5.69 Å². The van der Waals surface area contributed by atoms with Crippen molar-refractivity contribution >= 4 is 23.4 Å². The van der Waals surface area contributed by atoms with Gasteiger partial charge in [-0.25, -0.2) is 4.79 Å². The van der Waals surface area contributed by atoms with Crippen molar-refractivity contribution in [2.75, 3.05) is 11.9 Å². The number of carbonyl (C=O) groups excluding carboxylic acids is 3. The number of allylic oxidation sites excluding steroid dienone is 1. The van der Waals surface area contributed by atoms with E-state index in [9.17, 15) is 34.8 Å². The van der Waals surface area contributed by atoms with E-state index >= 15 is 0 Å². The molecule has 2 aliphatic carbocycles. The van der Waals surface area contributed by atoms with E-state index < -0.39 is 41.6 Å². The van der Waals surface area contributed by atoms with Gasteiger partial charge >= 0.3 is 11.9 Å². The fraction of sp³-hybridized carbons (Fsp3) is 0.558. The number of ketones is 1. The second-order valence-corrected chi connectivity index (χ2v) is 16.0. The third-order valence-electron chi connectivity index (χ3n) is 11.4. The van der Waals surface area contributed by atoms with Gasteiger partial charge in [0.05, 0.1) is 25.0 Å². The number of phenolic OH excluding ortho intramolecular Hbond substituents is 1. The van der Waals surface area contributed by atoms with Gasteiger partial charge in [0.15, 0.2) is 0 Å². The third kappa shape index (κ3) is 8.97. The molecule has 2 heterocycles. The standard InChI is InChI=1S/C43H53NO9/c1-25(2)6-4-7-31-16-28(32-14-27(24-45)15-34(17-32)44-23-26(3)46)9-10-29-21-41(49)52-39-22-38(48)33(19-36(29)39)20-40(53-42(31)50)43(51)13-5-8-30-18-35(47)11-12-37(30)43/h7,14-15,17,19,22,25-26,28-30,37,40,44-46,48,51H,4-6,8,11-13,16,18,20-21,23-24H2,1-3H3/b31-7-/t26-,28-,29-,30+,37-,40+,43-/m0/s1. The maximum atomic E-state index is 14.6. The lowest BCUT2D eigenvalue weighted by atomic mass is 9.60. The van der Waals surface area contributed by atoms with Crippen LogP contribution in [0.15, 0.2) is 42.0 Å². The van der Waals surface area contributed by atoms with E-state index in [1.54, 1.807) is 19.1 Å². The number of esters is 2. The molecular formula is C43H53NO9. The normalized spacial score (nSPS) is 28.7.